The Morgan fingerprint density at radius 2 is 2.29 bits per heavy atom. The van der Waals surface area contributed by atoms with Crippen LogP contribution in [0, 0.1) is 11.3 Å². The van der Waals surface area contributed by atoms with E-state index in [-0.39, 0.29) is 0 Å². The third kappa shape index (κ3) is 3.52. The third-order valence-corrected chi connectivity index (χ3v) is 4.98. The van der Waals surface area contributed by atoms with Crippen molar-refractivity contribution in [2.75, 3.05) is 7.11 Å². The van der Waals surface area contributed by atoms with Gasteiger partial charge in [0.05, 0.1) is 12.5 Å². The summed E-state index contributed by atoms with van der Waals surface area (Å²) in [7, 11) is 1.61. The predicted molar refractivity (Wildman–Crippen MR) is 84.0 cm³/mol. The summed E-state index contributed by atoms with van der Waals surface area (Å²) in [6.07, 6.45) is 5.12. The molecular weight excluding hydrogens is 288 g/mol. The molecule has 1 aromatic rings. The van der Waals surface area contributed by atoms with Gasteiger partial charge in [0.1, 0.15) is 5.75 Å². The zero-order chi connectivity index (χ0) is 15.5. The summed E-state index contributed by atoms with van der Waals surface area (Å²) < 4.78 is 5.37. The minimum atomic E-state index is -0.692. The average molecular weight is 311 g/mol. The fourth-order valence-electron chi connectivity index (χ4n) is 3.51. The van der Waals surface area contributed by atoms with Crippen molar-refractivity contribution in [1.82, 2.24) is 0 Å². The minimum Gasteiger partial charge on any atom is -0.496 e. The van der Waals surface area contributed by atoms with Gasteiger partial charge in [-0.25, -0.2) is 0 Å². The number of rotatable bonds is 5. The second-order valence-corrected chi connectivity index (χ2v) is 6.53. The van der Waals surface area contributed by atoms with E-state index >= 15 is 0 Å². The number of carboxylic acids is 1. The highest BCUT2D eigenvalue weighted by molar-refractivity contribution is 6.30. The molecule has 0 heterocycles. The molecule has 1 fully saturated rings. The van der Waals surface area contributed by atoms with E-state index in [0.717, 1.165) is 43.4 Å². The van der Waals surface area contributed by atoms with E-state index in [0.29, 0.717) is 17.4 Å². The molecule has 1 aliphatic carbocycles. The van der Waals surface area contributed by atoms with Gasteiger partial charge in [0.2, 0.25) is 0 Å². The third-order valence-electron chi connectivity index (χ3n) is 4.75. The van der Waals surface area contributed by atoms with Gasteiger partial charge in [-0.1, -0.05) is 37.8 Å². The number of ether oxygens (including phenoxy) is 1. The van der Waals surface area contributed by atoms with Crippen LogP contribution in [0.1, 0.15) is 44.6 Å². The van der Waals surface area contributed by atoms with E-state index < -0.39 is 11.4 Å². The lowest BCUT2D eigenvalue weighted by atomic mass is 9.66. The first-order valence-electron chi connectivity index (χ1n) is 7.56. The predicted octanol–water partition coefficient (Wildman–Crippen LogP) is 4.56. The number of hydrogen-bond acceptors (Lipinski definition) is 2. The molecule has 1 saturated carbocycles. The number of methoxy groups -OCH3 is 1. The highest BCUT2D eigenvalue weighted by Gasteiger charge is 2.43. The highest BCUT2D eigenvalue weighted by Crippen LogP contribution is 2.44. The van der Waals surface area contributed by atoms with Gasteiger partial charge in [0, 0.05) is 5.02 Å². The van der Waals surface area contributed by atoms with Gasteiger partial charge in [0.15, 0.2) is 0 Å². The van der Waals surface area contributed by atoms with Gasteiger partial charge < -0.3 is 9.84 Å². The lowest BCUT2D eigenvalue weighted by Crippen LogP contribution is -2.38. The van der Waals surface area contributed by atoms with Crippen LogP contribution in [-0.4, -0.2) is 18.2 Å². The molecule has 1 N–H and O–H groups in total. The Bertz CT molecular complexity index is 515. The summed E-state index contributed by atoms with van der Waals surface area (Å²) in [5.74, 6) is 0.529. The maximum Gasteiger partial charge on any atom is 0.309 e. The van der Waals surface area contributed by atoms with Gasteiger partial charge in [-0.05, 0) is 48.9 Å². The minimum absolute atomic E-state index is 0.489. The molecule has 116 valence electrons. The summed E-state index contributed by atoms with van der Waals surface area (Å²) in [6.45, 7) is 2.14. The van der Waals surface area contributed by atoms with Crippen molar-refractivity contribution in [3.63, 3.8) is 0 Å². The topological polar surface area (TPSA) is 46.5 Å². The monoisotopic (exact) mass is 310 g/mol. The van der Waals surface area contributed by atoms with Crippen molar-refractivity contribution in [1.29, 1.82) is 0 Å². The van der Waals surface area contributed by atoms with E-state index in [2.05, 4.69) is 6.92 Å². The molecule has 0 saturated heterocycles. The van der Waals surface area contributed by atoms with Crippen LogP contribution in [0.4, 0.5) is 0 Å². The van der Waals surface area contributed by atoms with Gasteiger partial charge in [-0.2, -0.15) is 0 Å². The number of carbonyl (C=O) groups is 1. The molecule has 0 amide bonds. The van der Waals surface area contributed by atoms with Crippen LogP contribution < -0.4 is 4.74 Å². The Hall–Kier alpha value is -1.22. The zero-order valence-electron chi connectivity index (χ0n) is 12.7. The number of aliphatic carboxylic acids is 1. The Balaban J connectivity index is 2.32. The number of carboxylic acid groups (broad SMARTS) is 1. The van der Waals surface area contributed by atoms with E-state index in [1.807, 2.05) is 12.1 Å². The normalized spacial score (nSPS) is 25.6. The fraction of sp³-hybridized carbons (Fsp3) is 0.588. The summed E-state index contributed by atoms with van der Waals surface area (Å²) in [6, 6.07) is 5.42. The summed E-state index contributed by atoms with van der Waals surface area (Å²) in [5, 5.41) is 10.4. The quantitative estimate of drug-likeness (QED) is 0.867. The van der Waals surface area contributed by atoms with Crippen LogP contribution in [0.2, 0.25) is 5.02 Å². The van der Waals surface area contributed by atoms with Crippen molar-refractivity contribution in [2.24, 2.45) is 11.3 Å². The molecule has 0 spiro atoms. The maximum atomic E-state index is 12.0. The molecule has 4 heteroatoms. The molecule has 0 radical (unpaired) electrons. The van der Waals surface area contributed by atoms with Crippen molar-refractivity contribution in [3.8, 4) is 5.75 Å². The number of halogens is 1. The Morgan fingerprint density at radius 1 is 1.52 bits per heavy atom. The van der Waals surface area contributed by atoms with Gasteiger partial charge in [-0.3, -0.25) is 4.79 Å². The first-order valence-corrected chi connectivity index (χ1v) is 7.94. The Labute approximate surface area is 131 Å². The first kappa shape index (κ1) is 16.2. The summed E-state index contributed by atoms with van der Waals surface area (Å²) in [4.78, 5) is 12.0. The molecule has 2 unspecified atom stereocenters. The largest absolute Gasteiger partial charge is 0.496 e. The second-order valence-electron chi connectivity index (χ2n) is 6.09. The molecule has 2 atom stereocenters. The van der Waals surface area contributed by atoms with Crippen molar-refractivity contribution in [2.45, 2.75) is 45.4 Å². The van der Waals surface area contributed by atoms with Crippen molar-refractivity contribution in [3.05, 3.63) is 28.8 Å². The van der Waals surface area contributed by atoms with Crippen LogP contribution in [0.15, 0.2) is 18.2 Å². The van der Waals surface area contributed by atoms with E-state index in [1.165, 1.54) is 0 Å². The summed E-state index contributed by atoms with van der Waals surface area (Å²) >= 11 is 6.07. The second kappa shape index (κ2) is 6.69. The van der Waals surface area contributed by atoms with Crippen molar-refractivity contribution >= 4 is 17.6 Å². The average Bonchev–Trinajstić information content (AvgIpc) is 2.47. The van der Waals surface area contributed by atoms with Gasteiger partial charge >= 0.3 is 5.97 Å². The molecule has 0 aliphatic heterocycles. The highest BCUT2D eigenvalue weighted by atomic mass is 35.5. The van der Waals surface area contributed by atoms with Gasteiger partial charge in [0.25, 0.3) is 0 Å². The smallest absolute Gasteiger partial charge is 0.309 e. The van der Waals surface area contributed by atoms with Crippen LogP contribution >= 0.6 is 11.6 Å². The number of hydrogen-bond donors (Lipinski definition) is 1. The SMILES string of the molecule is CCC1CCCC(Cc2cc(Cl)ccc2OC)(C(=O)O)C1. The molecular formula is C17H23ClO3. The summed E-state index contributed by atoms with van der Waals surface area (Å²) in [5.41, 5.74) is 0.209. The van der Waals surface area contributed by atoms with E-state index in [4.69, 9.17) is 16.3 Å². The molecule has 0 bridgehead atoms. The Kier molecular flexibility index (Phi) is 5.15. The van der Waals surface area contributed by atoms with Crippen molar-refractivity contribution < 1.29 is 14.6 Å². The Morgan fingerprint density at radius 3 is 2.90 bits per heavy atom. The first-order chi connectivity index (χ1) is 10.0. The van der Waals surface area contributed by atoms with Crippen LogP contribution in [0.5, 0.6) is 5.75 Å². The van der Waals surface area contributed by atoms with Crippen LogP contribution in [-0.2, 0) is 11.2 Å². The fourth-order valence-corrected chi connectivity index (χ4v) is 3.71. The molecule has 0 aromatic heterocycles. The molecule has 1 aromatic carbocycles. The van der Waals surface area contributed by atoms with E-state index in [1.54, 1.807) is 13.2 Å². The lowest BCUT2D eigenvalue weighted by molar-refractivity contribution is -0.152. The molecule has 1 aliphatic rings. The maximum absolute atomic E-state index is 12.0. The zero-order valence-corrected chi connectivity index (χ0v) is 13.4. The van der Waals surface area contributed by atoms with Gasteiger partial charge in [-0.15, -0.1) is 0 Å². The molecule has 2 rings (SSSR count). The lowest BCUT2D eigenvalue weighted by Gasteiger charge is -2.37. The molecule has 21 heavy (non-hydrogen) atoms. The molecule has 3 nitrogen and oxygen atoms in total. The standard InChI is InChI=1S/C17H23ClO3/c1-3-12-5-4-8-17(10-12,16(19)20)11-13-9-14(18)6-7-15(13)21-2/h6-7,9,12H,3-5,8,10-11H2,1-2H3,(H,19,20). The van der Waals surface area contributed by atoms with Crippen LogP contribution in [0.25, 0.3) is 0 Å². The van der Waals surface area contributed by atoms with E-state index in [9.17, 15) is 9.90 Å². The number of benzene rings is 1. The van der Waals surface area contributed by atoms with Crippen LogP contribution in [0.3, 0.4) is 0 Å².